The fourth-order valence-electron chi connectivity index (χ4n) is 1.50. The Balaban J connectivity index is 2.53. The number of hydrogen-bond acceptors (Lipinski definition) is 4. The zero-order chi connectivity index (χ0) is 8.72. The van der Waals surface area contributed by atoms with Crippen molar-refractivity contribution in [2.24, 2.45) is 0 Å². The first-order valence-electron chi connectivity index (χ1n) is 3.96. The number of rotatable bonds is 0. The second kappa shape index (κ2) is 2.42. The third-order valence-electron chi connectivity index (χ3n) is 2.10. The van der Waals surface area contributed by atoms with Gasteiger partial charge >= 0.3 is 0 Å². The maximum atomic E-state index is 5.53. The van der Waals surface area contributed by atoms with Crippen LogP contribution in [0.4, 0.5) is 5.95 Å². The largest absolute Gasteiger partial charge is 0.368 e. The smallest absolute Gasteiger partial charge is 0.220 e. The van der Waals surface area contributed by atoms with E-state index in [1.54, 1.807) is 6.20 Å². The van der Waals surface area contributed by atoms with Crippen LogP contribution in [0.25, 0.3) is 0 Å². The predicted octanol–water partition coefficient (Wildman–Crippen LogP) is 1.21. The number of hydrogen-bond donors (Lipinski definition) is 1. The van der Waals surface area contributed by atoms with E-state index in [2.05, 4.69) is 9.97 Å². The molecule has 1 aromatic rings. The van der Waals surface area contributed by atoms with Crippen molar-refractivity contribution in [2.75, 3.05) is 5.73 Å². The lowest BCUT2D eigenvalue weighted by Crippen LogP contribution is -2.00. The van der Waals surface area contributed by atoms with Gasteiger partial charge in [0.25, 0.3) is 0 Å². The van der Waals surface area contributed by atoms with Gasteiger partial charge in [0.2, 0.25) is 5.95 Å². The fourth-order valence-corrected chi connectivity index (χ4v) is 1.50. The molecule has 0 amide bonds. The molecule has 2 atom stereocenters. The summed E-state index contributed by atoms with van der Waals surface area (Å²) in [6, 6.07) is 0. The van der Waals surface area contributed by atoms with E-state index in [1.807, 2.05) is 13.8 Å². The molecule has 0 radical (unpaired) electrons. The summed E-state index contributed by atoms with van der Waals surface area (Å²) in [5.41, 5.74) is 7.44. The highest BCUT2D eigenvalue weighted by molar-refractivity contribution is 5.30. The van der Waals surface area contributed by atoms with E-state index in [0.717, 1.165) is 11.3 Å². The lowest BCUT2D eigenvalue weighted by atomic mass is 10.1. The molecule has 0 fully saturated rings. The van der Waals surface area contributed by atoms with Gasteiger partial charge in [-0.2, -0.15) is 0 Å². The van der Waals surface area contributed by atoms with Crippen LogP contribution in [0.2, 0.25) is 0 Å². The van der Waals surface area contributed by atoms with Gasteiger partial charge in [-0.1, -0.05) is 0 Å². The lowest BCUT2D eigenvalue weighted by Gasteiger charge is -2.02. The van der Waals surface area contributed by atoms with Gasteiger partial charge in [0, 0.05) is 11.8 Å². The Bertz CT molecular complexity index is 313. The minimum Gasteiger partial charge on any atom is -0.368 e. The van der Waals surface area contributed by atoms with Gasteiger partial charge in [-0.3, -0.25) is 0 Å². The minimum atomic E-state index is 0.0419. The van der Waals surface area contributed by atoms with Crippen LogP contribution in [-0.4, -0.2) is 9.97 Å². The highest BCUT2D eigenvalue weighted by Gasteiger charge is 2.27. The number of nitrogens with zero attached hydrogens (tertiary/aromatic N) is 2. The second-order valence-corrected chi connectivity index (χ2v) is 2.99. The van der Waals surface area contributed by atoms with Crippen molar-refractivity contribution >= 4 is 5.95 Å². The Morgan fingerprint density at radius 2 is 2.17 bits per heavy atom. The van der Waals surface area contributed by atoms with Crippen molar-refractivity contribution in [1.82, 2.24) is 9.97 Å². The van der Waals surface area contributed by atoms with Gasteiger partial charge in [0.15, 0.2) is 0 Å². The number of ether oxygens (including phenoxy) is 1. The number of fused-ring (bicyclic) bond motifs is 1. The molecule has 1 aliphatic heterocycles. The number of nitrogens with two attached hydrogens (primary N) is 1. The highest BCUT2D eigenvalue weighted by atomic mass is 16.5. The molecule has 0 saturated carbocycles. The normalized spacial score (nSPS) is 27.2. The second-order valence-electron chi connectivity index (χ2n) is 2.99. The van der Waals surface area contributed by atoms with Crippen LogP contribution in [0, 0.1) is 0 Å². The van der Waals surface area contributed by atoms with Crippen molar-refractivity contribution in [3.8, 4) is 0 Å². The van der Waals surface area contributed by atoms with Gasteiger partial charge in [-0.05, 0) is 13.8 Å². The average Bonchev–Trinajstić information content (AvgIpc) is 2.28. The molecule has 64 valence electrons. The molecule has 2 heterocycles. The van der Waals surface area contributed by atoms with Crippen LogP contribution in [0.15, 0.2) is 6.20 Å². The molecule has 0 aliphatic carbocycles. The molecule has 1 aromatic heterocycles. The van der Waals surface area contributed by atoms with Gasteiger partial charge in [0.1, 0.15) is 0 Å². The standard InChI is InChI=1S/C8H11N3O/c1-4-6-3-10-8(9)11-7(6)5(2)12-4/h3-5H,1-2H3,(H2,9,10,11)/t4-,5+/m0/s1. The molecular formula is C8H11N3O. The molecule has 0 aromatic carbocycles. The van der Waals surface area contributed by atoms with Crippen molar-refractivity contribution in [3.63, 3.8) is 0 Å². The number of nitrogen functional groups attached to an aromatic ring is 1. The van der Waals surface area contributed by atoms with E-state index in [-0.39, 0.29) is 12.2 Å². The Kier molecular flexibility index (Phi) is 1.51. The summed E-state index contributed by atoms with van der Waals surface area (Å²) in [5, 5.41) is 0. The number of anilines is 1. The summed E-state index contributed by atoms with van der Waals surface area (Å²) in [4.78, 5) is 8.05. The molecule has 1 aliphatic rings. The zero-order valence-corrected chi connectivity index (χ0v) is 7.11. The Morgan fingerprint density at radius 3 is 2.92 bits per heavy atom. The average molecular weight is 165 g/mol. The zero-order valence-electron chi connectivity index (χ0n) is 7.11. The fraction of sp³-hybridized carbons (Fsp3) is 0.500. The van der Waals surface area contributed by atoms with Crippen LogP contribution in [-0.2, 0) is 4.74 Å². The van der Waals surface area contributed by atoms with Gasteiger partial charge in [0.05, 0.1) is 17.9 Å². The van der Waals surface area contributed by atoms with Gasteiger partial charge in [-0.25, -0.2) is 9.97 Å². The van der Waals surface area contributed by atoms with Crippen molar-refractivity contribution < 1.29 is 4.74 Å². The molecule has 4 heteroatoms. The molecule has 0 spiro atoms. The Labute approximate surface area is 70.8 Å². The quantitative estimate of drug-likeness (QED) is 0.627. The van der Waals surface area contributed by atoms with Crippen molar-refractivity contribution in [1.29, 1.82) is 0 Å². The van der Waals surface area contributed by atoms with Crippen LogP contribution >= 0.6 is 0 Å². The van der Waals surface area contributed by atoms with Crippen LogP contribution in [0.1, 0.15) is 37.3 Å². The first-order valence-corrected chi connectivity index (χ1v) is 3.96. The first-order chi connectivity index (χ1) is 5.68. The summed E-state index contributed by atoms with van der Waals surface area (Å²) in [6.07, 6.45) is 1.88. The maximum absolute atomic E-state index is 5.53. The summed E-state index contributed by atoms with van der Waals surface area (Å²) in [7, 11) is 0. The lowest BCUT2D eigenvalue weighted by molar-refractivity contribution is 0.0319. The van der Waals surface area contributed by atoms with Crippen LogP contribution < -0.4 is 5.73 Å². The topological polar surface area (TPSA) is 61.0 Å². The molecule has 0 saturated heterocycles. The SMILES string of the molecule is C[C@@H]1O[C@H](C)c2nc(N)ncc21. The summed E-state index contributed by atoms with van der Waals surface area (Å²) in [6.45, 7) is 3.96. The third kappa shape index (κ3) is 0.956. The van der Waals surface area contributed by atoms with Gasteiger partial charge in [-0.15, -0.1) is 0 Å². The maximum Gasteiger partial charge on any atom is 0.220 e. The summed E-state index contributed by atoms with van der Waals surface area (Å²) < 4.78 is 5.53. The highest BCUT2D eigenvalue weighted by Crippen LogP contribution is 2.36. The summed E-state index contributed by atoms with van der Waals surface area (Å²) in [5.74, 6) is 0.318. The van der Waals surface area contributed by atoms with Crippen LogP contribution in [0.5, 0.6) is 0 Å². The third-order valence-corrected chi connectivity index (χ3v) is 2.10. The molecular weight excluding hydrogens is 154 g/mol. The van der Waals surface area contributed by atoms with E-state index in [9.17, 15) is 0 Å². The molecule has 12 heavy (non-hydrogen) atoms. The van der Waals surface area contributed by atoms with Crippen molar-refractivity contribution in [2.45, 2.75) is 26.1 Å². The first kappa shape index (κ1) is 7.49. The van der Waals surface area contributed by atoms with E-state index in [1.165, 1.54) is 0 Å². The van der Waals surface area contributed by atoms with E-state index < -0.39 is 0 Å². The Morgan fingerprint density at radius 1 is 1.42 bits per heavy atom. The number of aromatic nitrogens is 2. The monoisotopic (exact) mass is 165 g/mol. The van der Waals surface area contributed by atoms with Crippen molar-refractivity contribution in [3.05, 3.63) is 17.5 Å². The molecule has 4 nitrogen and oxygen atoms in total. The van der Waals surface area contributed by atoms with Gasteiger partial charge < -0.3 is 10.5 Å². The summed E-state index contributed by atoms with van der Waals surface area (Å²) >= 11 is 0. The molecule has 0 bridgehead atoms. The Hall–Kier alpha value is -1.16. The van der Waals surface area contributed by atoms with E-state index in [4.69, 9.17) is 10.5 Å². The molecule has 0 unspecified atom stereocenters. The van der Waals surface area contributed by atoms with Crippen LogP contribution in [0.3, 0.4) is 0 Å². The predicted molar refractivity (Wildman–Crippen MR) is 44.4 cm³/mol. The molecule has 2 rings (SSSR count). The molecule has 2 N–H and O–H groups in total. The van der Waals surface area contributed by atoms with E-state index in [0.29, 0.717) is 5.95 Å². The van der Waals surface area contributed by atoms with E-state index >= 15 is 0 Å². The minimum absolute atomic E-state index is 0.0419.